The number of carboxylic acid groups (broad SMARTS) is 1. The Hall–Kier alpha value is -2.44. The minimum Gasteiger partial charge on any atom is -0.481 e. The first kappa shape index (κ1) is 19.6. The third-order valence-corrected chi connectivity index (χ3v) is 3.31. The number of amides is 2. The van der Waals surface area contributed by atoms with Gasteiger partial charge in [0.1, 0.15) is 5.82 Å². The monoisotopic (exact) mass is 338 g/mol. The predicted octanol–water partition coefficient (Wildman–Crippen LogP) is 2.75. The molecule has 0 fully saturated rings. The smallest absolute Gasteiger partial charge is 0.303 e. The fourth-order valence-electron chi connectivity index (χ4n) is 2.11. The number of carbonyl (C=O) groups is 3. The van der Waals surface area contributed by atoms with E-state index in [-0.39, 0.29) is 42.5 Å². The molecule has 132 valence electrons. The molecule has 0 aliphatic heterocycles. The summed E-state index contributed by atoms with van der Waals surface area (Å²) in [6, 6.07) is 3.86. The summed E-state index contributed by atoms with van der Waals surface area (Å²) in [6.45, 7) is 4.04. The number of halogens is 1. The fourth-order valence-corrected chi connectivity index (χ4v) is 2.11. The van der Waals surface area contributed by atoms with E-state index in [4.69, 9.17) is 5.11 Å². The summed E-state index contributed by atoms with van der Waals surface area (Å²) in [5.74, 6) is -2.14. The second kappa shape index (κ2) is 9.00. The first-order valence-corrected chi connectivity index (χ1v) is 7.77. The van der Waals surface area contributed by atoms with Crippen molar-refractivity contribution in [1.29, 1.82) is 0 Å². The van der Waals surface area contributed by atoms with Crippen LogP contribution >= 0.6 is 0 Å². The van der Waals surface area contributed by atoms with Crippen molar-refractivity contribution in [2.24, 2.45) is 5.92 Å². The van der Waals surface area contributed by atoms with Crippen LogP contribution in [0.1, 0.15) is 43.5 Å². The van der Waals surface area contributed by atoms with E-state index in [0.717, 1.165) is 6.07 Å². The first-order valence-electron chi connectivity index (χ1n) is 7.77. The highest BCUT2D eigenvalue weighted by molar-refractivity contribution is 5.95. The second-order valence-electron chi connectivity index (χ2n) is 6.06. The van der Waals surface area contributed by atoms with Gasteiger partial charge in [0, 0.05) is 32.0 Å². The minimum atomic E-state index is -0.927. The van der Waals surface area contributed by atoms with Crippen molar-refractivity contribution in [2.45, 2.75) is 33.1 Å². The zero-order valence-electron chi connectivity index (χ0n) is 14.1. The SMILES string of the molecule is CC(C)CC(=O)Nc1ccc(C(=O)N(C)CCCC(=O)O)cc1F. The van der Waals surface area contributed by atoms with Crippen molar-refractivity contribution >= 4 is 23.5 Å². The van der Waals surface area contributed by atoms with E-state index in [9.17, 15) is 18.8 Å². The highest BCUT2D eigenvalue weighted by atomic mass is 19.1. The van der Waals surface area contributed by atoms with E-state index < -0.39 is 17.7 Å². The Morgan fingerprint density at radius 2 is 1.96 bits per heavy atom. The van der Waals surface area contributed by atoms with Crippen molar-refractivity contribution in [2.75, 3.05) is 18.9 Å². The Bertz CT molecular complexity index is 617. The number of nitrogens with zero attached hydrogens (tertiary/aromatic N) is 1. The standard InChI is InChI=1S/C17H23FN2O4/c1-11(2)9-15(21)19-14-7-6-12(10-13(14)18)17(24)20(3)8-4-5-16(22)23/h6-7,10-11H,4-5,8-9H2,1-3H3,(H,19,21)(H,22,23). The van der Waals surface area contributed by atoms with Gasteiger partial charge in [-0.1, -0.05) is 13.8 Å². The fraction of sp³-hybridized carbons (Fsp3) is 0.471. The van der Waals surface area contributed by atoms with Crippen LogP contribution in [0.3, 0.4) is 0 Å². The quantitative estimate of drug-likeness (QED) is 0.763. The molecule has 0 spiro atoms. The molecule has 0 heterocycles. The van der Waals surface area contributed by atoms with E-state index in [1.807, 2.05) is 13.8 Å². The summed E-state index contributed by atoms with van der Waals surface area (Å²) in [5.41, 5.74) is 0.179. The van der Waals surface area contributed by atoms with Crippen molar-refractivity contribution in [1.82, 2.24) is 4.90 Å². The van der Waals surface area contributed by atoms with Gasteiger partial charge in [0.15, 0.2) is 0 Å². The van der Waals surface area contributed by atoms with Crippen LogP contribution < -0.4 is 5.32 Å². The number of carbonyl (C=O) groups excluding carboxylic acids is 2. The number of benzene rings is 1. The average molecular weight is 338 g/mol. The lowest BCUT2D eigenvalue weighted by molar-refractivity contribution is -0.137. The molecule has 0 aliphatic rings. The number of anilines is 1. The number of rotatable bonds is 8. The summed E-state index contributed by atoms with van der Waals surface area (Å²) in [6.07, 6.45) is 0.572. The molecule has 0 bridgehead atoms. The number of aliphatic carboxylic acids is 1. The second-order valence-corrected chi connectivity index (χ2v) is 6.06. The number of hydrogen-bond acceptors (Lipinski definition) is 3. The maximum absolute atomic E-state index is 14.1. The molecule has 0 saturated carbocycles. The van der Waals surface area contributed by atoms with Crippen molar-refractivity contribution in [3.05, 3.63) is 29.6 Å². The van der Waals surface area contributed by atoms with Crippen molar-refractivity contribution in [3.63, 3.8) is 0 Å². The molecular formula is C17H23FN2O4. The molecule has 6 nitrogen and oxygen atoms in total. The summed E-state index contributed by atoms with van der Waals surface area (Å²) >= 11 is 0. The predicted molar refractivity (Wildman–Crippen MR) is 88.3 cm³/mol. The molecule has 1 aromatic rings. The van der Waals surface area contributed by atoms with Crippen LogP contribution in [0, 0.1) is 11.7 Å². The van der Waals surface area contributed by atoms with Crippen molar-refractivity contribution < 1.29 is 23.9 Å². The minimum absolute atomic E-state index is 0.0331. The van der Waals surface area contributed by atoms with Gasteiger partial charge in [0.2, 0.25) is 5.91 Å². The third kappa shape index (κ3) is 6.36. The highest BCUT2D eigenvalue weighted by Crippen LogP contribution is 2.18. The molecule has 0 aliphatic carbocycles. The van der Waals surface area contributed by atoms with Gasteiger partial charge >= 0.3 is 5.97 Å². The average Bonchev–Trinajstić information content (AvgIpc) is 2.47. The summed E-state index contributed by atoms with van der Waals surface area (Å²) in [4.78, 5) is 35.7. The summed E-state index contributed by atoms with van der Waals surface area (Å²) in [5, 5.41) is 11.1. The number of carboxylic acids is 1. The molecule has 1 rings (SSSR count). The molecule has 7 heteroatoms. The molecule has 0 saturated heterocycles. The van der Waals surface area contributed by atoms with Crippen LogP contribution in [0.5, 0.6) is 0 Å². The van der Waals surface area contributed by atoms with Crippen LogP contribution in [0.15, 0.2) is 18.2 Å². The zero-order valence-corrected chi connectivity index (χ0v) is 14.1. The normalized spacial score (nSPS) is 10.5. The van der Waals surface area contributed by atoms with Crippen molar-refractivity contribution in [3.8, 4) is 0 Å². The van der Waals surface area contributed by atoms with E-state index >= 15 is 0 Å². The molecule has 0 radical (unpaired) electrons. The Morgan fingerprint density at radius 1 is 1.29 bits per heavy atom. The van der Waals surface area contributed by atoms with Gasteiger partial charge in [-0.05, 0) is 30.5 Å². The Morgan fingerprint density at radius 3 is 2.50 bits per heavy atom. The van der Waals surface area contributed by atoms with E-state index in [1.54, 1.807) is 0 Å². The summed E-state index contributed by atoms with van der Waals surface area (Å²) < 4.78 is 14.1. The Kier molecular flexibility index (Phi) is 7.35. The lowest BCUT2D eigenvalue weighted by Gasteiger charge is -2.17. The number of nitrogens with one attached hydrogen (secondary N) is 1. The highest BCUT2D eigenvalue weighted by Gasteiger charge is 2.15. The van der Waals surface area contributed by atoms with Crippen LogP contribution in [-0.2, 0) is 9.59 Å². The number of hydrogen-bond donors (Lipinski definition) is 2. The lowest BCUT2D eigenvalue weighted by atomic mass is 10.1. The first-order chi connectivity index (χ1) is 11.2. The summed E-state index contributed by atoms with van der Waals surface area (Å²) in [7, 11) is 1.53. The van der Waals surface area contributed by atoms with Gasteiger partial charge in [-0.25, -0.2) is 4.39 Å². The third-order valence-electron chi connectivity index (χ3n) is 3.31. The molecular weight excluding hydrogens is 315 g/mol. The largest absolute Gasteiger partial charge is 0.481 e. The maximum atomic E-state index is 14.1. The van der Waals surface area contributed by atoms with Gasteiger partial charge < -0.3 is 15.3 Å². The van der Waals surface area contributed by atoms with E-state index in [2.05, 4.69) is 5.32 Å². The van der Waals surface area contributed by atoms with E-state index in [0.29, 0.717) is 6.42 Å². The van der Waals surface area contributed by atoms with Gasteiger partial charge in [-0.15, -0.1) is 0 Å². The Labute approximate surface area is 140 Å². The topological polar surface area (TPSA) is 86.7 Å². The van der Waals surface area contributed by atoms with E-state index in [1.165, 1.54) is 24.1 Å². The molecule has 1 aromatic carbocycles. The van der Waals surface area contributed by atoms with Crippen LogP contribution in [-0.4, -0.2) is 41.4 Å². The molecule has 24 heavy (non-hydrogen) atoms. The molecule has 0 atom stereocenters. The molecule has 0 aromatic heterocycles. The van der Waals surface area contributed by atoms with Crippen LogP contribution in [0.25, 0.3) is 0 Å². The maximum Gasteiger partial charge on any atom is 0.303 e. The van der Waals surface area contributed by atoms with Gasteiger partial charge in [0.05, 0.1) is 5.69 Å². The van der Waals surface area contributed by atoms with Crippen LogP contribution in [0.4, 0.5) is 10.1 Å². The molecule has 0 unspecified atom stereocenters. The van der Waals surface area contributed by atoms with Gasteiger partial charge in [0.25, 0.3) is 5.91 Å². The molecule has 2 amide bonds. The lowest BCUT2D eigenvalue weighted by Crippen LogP contribution is -2.28. The van der Waals surface area contributed by atoms with Gasteiger partial charge in [-0.2, -0.15) is 0 Å². The van der Waals surface area contributed by atoms with Gasteiger partial charge in [-0.3, -0.25) is 14.4 Å². The zero-order chi connectivity index (χ0) is 18.3. The molecule has 2 N–H and O–H groups in total. The van der Waals surface area contributed by atoms with Crippen LogP contribution in [0.2, 0.25) is 0 Å². The Balaban J connectivity index is 2.70.